The molecular weight excluding hydrogens is 856 g/mol. The molecule has 10 heteroatoms. The lowest BCUT2D eigenvalue weighted by Gasteiger charge is -2.32. The van der Waals surface area contributed by atoms with E-state index in [1.165, 1.54) is 5.56 Å². The van der Waals surface area contributed by atoms with Crippen LogP contribution in [0.5, 0.6) is 11.5 Å². The number of quaternary nitrogens is 2. The van der Waals surface area contributed by atoms with Crippen LogP contribution in [-0.2, 0) is 22.4 Å². The lowest BCUT2D eigenvalue weighted by atomic mass is 9.97. The molecule has 330 valence electrons. The number of nitrogens with zero attached hydrogens (tertiary/aromatic N) is 4. The summed E-state index contributed by atoms with van der Waals surface area (Å²) in [6.45, 7) is 24.0. The maximum absolute atomic E-state index is 13.3. The summed E-state index contributed by atoms with van der Waals surface area (Å²) in [6, 6.07) is 12.8. The zero-order valence-electron chi connectivity index (χ0n) is 37.8. The normalized spacial score (nSPS) is 11.2. The van der Waals surface area contributed by atoms with Crippen LogP contribution in [-0.4, -0.2) is 124 Å². The number of halogens is 2. The fraction of sp³-hybridized carbons (Fsp3) is 0.625. The van der Waals surface area contributed by atoms with Crippen LogP contribution in [0.3, 0.4) is 0 Å². The van der Waals surface area contributed by atoms with Crippen molar-refractivity contribution in [2.24, 2.45) is 0 Å². The minimum absolute atomic E-state index is 0. The number of unbranched alkanes of at least 4 members (excludes halogenated alkanes) is 4. The zero-order valence-corrected chi connectivity index (χ0v) is 40.9. The van der Waals surface area contributed by atoms with Gasteiger partial charge in [-0.25, -0.2) is 0 Å². The number of carbonyl (C=O) groups is 2. The fourth-order valence-electron chi connectivity index (χ4n) is 6.98. The predicted molar refractivity (Wildman–Crippen MR) is 236 cm³/mol. The third kappa shape index (κ3) is 21.0. The van der Waals surface area contributed by atoms with Crippen LogP contribution in [0.25, 0.3) is 11.1 Å². The fourth-order valence-corrected chi connectivity index (χ4v) is 6.98. The molecule has 2 aromatic carbocycles. The summed E-state index contributed by atoms with van der Waals surface area (Å²) in [4.78, 5) is 30.6. The molecule has 0 saturated carbocycles. The predicted octanol–water partition coefficient (Wildman–Crippen LogP) is 3.37. The molecule has 0 aliphatic carbocycles. The summed E-state index contributed by atoms with van der Waals surface area (Å²) in [5.41, 5.74) is 4.38. The number of rotatable bonds is 31. The summed E-state index contributed by atoms with van der Waals surface area (Å²) >= 11 is 0. The maximum atomic E-state index is 13.3. The maximum Gasteiger partial charge on any atom is 0.277 e. The third-order valence-corrected chi connectivity index (χ3v) is 10.4. The van der Waals surface area contributed by atoms with Gasteiger partial charge in [0, 0.05) is 44.6 Å². The van der Waals surface area contributed by atoms with Crippen LogP contribution in [0.2, 0.25) is 0 Å². The minimum Gasteiger partial charge on any atom is -1.00 e. The monoisotopic (exact) mass is 934 g/mol. The highest BCUT2D eigenvalue weighted by atomic mass is 79.9. The van der Waals surface area contributed by atoms with E-state index in [2.05, 4.69) is 115 Å². The molecule has 0 saturated heterocycles. The standard InChI is InChI=1S/C48H80N4O4.2BrH/c1-11-17-29-49(30-18-12-2)47(53)39-51(7,8)33-21-35-55-45-28-26-42(38-43(45)24-16-6)44-37-41(23-15-5)25-27-46(44)56-36-22-34-52(9,10)40-48(54)50(31-19-13-3)32-20-14-4;;/h15-16,25-28,37-38H,5-6,11-14,17-24,29-36,39-40H2,1-4,7-10H3;2*1H/q+2;;/p-2. The average molecular weight is 937 g/mol. The van der Waals surface area contributed by atoms with Crippen molar-refractivity contribution < 1.29 is 62.0 Å². The van der Waals surface area contributed by atoms with Crippen LogP contribution < -0.4 is 43.4 Å². The van der Waals surface area contributed by atoms with Gasteiger partial charge in [-0.1, -0.05) is 77.7 Å². The van der Waals surface area contributed by atoms with Crippen molar-refractivity contribution in [3.63, 3.8) is 0 Å². The van der Waals surface area contributed by atoms with E-state index in [0.29, 0.717) is 41.7 Å². The largest absolute Gasteiger partial charge is 1.00 e. The van der Waals surface area contributed by atoms with Crippen molar-refractivity contribution in [3.05, 3.63) is 72.8 Å². The summed E-state index contributed by atoms with van der Waals surface area (Å²) in [5.74, 6) is 2.22. The van der Waals surface area contributed by atoms with Crippen LogP contribution >= 0.6 is 0 Å². The van der Waals surface area contributed by atoms with E-state index in [4.69, 9.17) is 9.47 Å². The molecule has 0 heterocycles. The van der Waals surface area contributed by atoms with E-state index in [0.717, 1.165) is 138 Å². The van der Waals surface area contributed by atoms with Crippen LogP contribution in [0, 0.1) is 0 Å². The van der Waals surface area contributed by atoms with Gasteiger partial charge >= 0.3 is 0 Å². The smallest absolute Gasteiger partial charge is 0.277 e. The molecule has 8 nitrogen and oxygen atoms in total. The summed E-state index contributed by atoms with van der Waals surface area (Å²) in [6.07, 6.45) is 15.6. The van der Waals surface area contributed by atoms with Gasteiger partial charge in [-0.3, -0.25) is 9.59 Å². The Morgan fingerprint density at radius 3 is 1.47 bits per heavy atom. The van der Waals surface area contributed by atoms with Gasteiger partial charge in [-0.05, 0) is 79.5 Å². The van der Waals surface area contributed by atoms with Gasteiger partial charge in [0.1, 0.15) is 11.5 Å². The molecule has 0 N–H and O–H groups in total. The van der Waals surface area contributed by atoms with E-state index >= 15 is 0 Å². The second-order valence-electron chi connectivity index (χ2n) is 16.9. The Morgan fingerprint density at radius 2 is 1.03 bits per heavy atom. The van der Waals surface area contributed by atoms with Gasteiger partial charge in [0.25, 0.3) is 11.8 Å². The second-order valence-corrected chi connectivity index (χ2v) is 16.9. The SMILES string of the molecule is C=CCc1ccc(OCCC[N+](C)(C)CC(=O)N(CCCC)CCCC)c(-c2ccc(OCCC[N+](C)(C)CC(=O)N(CCCC)CCCC)c(CC=C)c2)c1.[Br-].[Br-]. The molecule has 0 aliphatic heterocycles. The molecule has 0 bridgehead atoms. The molecule has 0 fully saturated rings. The van der Waals surface area contributed by atoms with E-state index in [-0.39, 0.29) is 45.8 Å². The quantitative estimate of drug-likeness (QED) is 0.0663. The molecule has 0 spiro atoms. The van der Waals surface area contributed by atoms with Crippen molar-refractivity contribution in [3.8, 4) is 22.6 Å². The van der Waals surface area contributed by atoms with Crippen LogP contribution in [0.1, 0.15) is 103 Å². The number of likely N-dealkylation sites (N-methyl/N-ethyl adjacent to an activating group) is 2. The number of allylic oxidation sites excluding steroid dienone is 2. The lowest BCUT2D eigenvalue weighted by Crippen LogP contribution is -3.00. The zero-order chi connectivity index (χ0) is 41.4. The van der Waals surface area contributed by atoms with E-state index in [1.54, 1.807) is 0 Å². The molecule has 2 rings (SSSR count). The highest BCUT2D eigenvalue weighted by molar-refractivity contribution is 5.78. The third-order valence-electron chi connectivity index (χ3n) is 10.4. The van der Waals surface area contributed by atoms with Gasteiger partial charge in [0.2, 0.25) is 0 Å². The Balaban J connectivity index is 0.0000162. The van der Waals surface area contributed by atoms with Gasteiger partial charge in [-0.2, -0.15) is 0 Å². The summed E-state index contributed by atoms with van der Waals surface area (Å²) < 4.78 is 14.2. The Kier molecular flexibility index (Phi) is 29.0. The molecule has 0 radical (unpaired) electrons. The second kappa shape index (κ2) is 30.4. The first-order chi connectivity index (χ1) is 26.8. The Bertz CT molecular complexity index is 1470. The number of hydrogen-bond acceptors (Lipinski definition) is 4. The van der Waals surface area contributed by atoms with Gasteiger partial charge in [-0.15, -0.1) is 13.2 Å². The van der Waals surface area contributed by atoms with Crippen LogP contribution in [0.4, 0.5) is 0 Å². The Labute approximate surface area is 375 Å². The van der Waals surface area contributed by atoms with Gasteiger partial charge in [0.05, 0.1) is 54.5 Å². The molecule has 0 aromatic heterocycles. The molecule has 2 aromatic rings. The summed E-state index contributed by atoms with van der Waals surface area (Å²) in [5, 5.41) is 0. The summed E-state index contributed by atoms with van der Waals surface area (Å²) in [7, 11) is 8.58. The van der Waals surface area contributed by atoms with Crippen molar-refractivity contribution in [1.29, 1.82) is 0 Å². The van der Waals surface area contributed by atoms with Crippen molar-refractivity contribution in [2.45, 2.75) is 105 Å². The van der Waals surface area contributed by atoms with Gasteiger partial charge in [0.15, 0.2) is 13.1 Å². The van der Waals surface area contributed by atoms with E-state index in [9.17, 15) is 9.59 Å². The first-order valence-corrected chi connectivity index (χ1v) is 21.8. The number of benzene rings is 2. The minimum atomic E-state index is 0. The molecule has 0 unspecified atom stereocenters. The molecular formula is C48H80Br2N4O4. The number of carbonyl (C=O) groups excluding carboxylic acids is 2. The molecule has 58 heavy (non-hydrogen) atoms. The van der Waals surface area contributed by atoms with Crippen molar-refractivity contribution in [2.75, 3.05) is 93.8 Å². The topological polar surface area (TPSA) is 59.1 Å². The number of hydrogen-bond donors (Lipinski definition) is 0. The Morgan fingerprint density at radius 1 is 0.603 bits per heavy atom. The van der Waals surface area contributed by atoms with Crippen molar-refractivity contribution >= 4 is 11.8 Å². The van der Waals surface area contributed by atoms with E-state index in [1.807, 2.05) is 12.2 Å². The van der Waals surface area contributed by atoms with Crippen LogP contribution in [0.15, 0.2) is 61.7 Å². The molecule has 0 atom stereocenters. The highest BCUT2D eigenvalue weighted by Gasteiger charge is 2.25. The first-order valence-electron chi connectivity index (χ1n) is 21.8. The molecule has 0 aliphatic rings. The lowest BCUT2D eigenvalue weighted by molar-refractivity contribution is -0.882. The average Bonchev–Trinajstić information content (AvgIpc) is 3.15. The first kappa shape index (κ1) is 55.3. The highest BCUT2D eigenvalue weighted by Crippen LogP contribution is 2.35. The van der Waals surface area contributed by atoms with Gasteiger partial charge < -0.3 is 62.2 Å². The Hall–Kier alpha value is -2.66. The van der Waals surface area contributed by atoms with Crippen molar-refractivity contribution in [1.82, 2.24) is 9.80 Å². The number of amides is 2. The molecule has 2 amide bonds. The van der Waals surface area contributed by atoms with E-state index < -0.39 is 0 Å². The number of ether oxygens (including phenoxy) is 2.